The van der Waals surface area contributed by atoms with Crippen molar-refractivity contribution in [3.8, 4) is 0 Å². The third kappa shape index (κ3) is 7.64. The van der Waals surface area contributed by atoms with Crippen molar-refractivity contribution in [2.45, 2.75) is 83.4 Å². The molecule has 236 valence electrons. The third-order valence-electron chi connectivity index (χ3n) is 8.39. The zero-order valence-electron chi connectivity index (χ0n) is 25.9. The summed E-state index contributed by atoms with van der Waals surface area (Å²) in [7, 11) is 0. The van der Waals surface area contributed by atoms with Gasteiger partial charge in [-0.25, -0.2) is 9.78 Å². The Bertz CT molecular complexity index is 1410. The number of fused-ring (bicyclic) bond motifs is 2. The molecule has 3 aromatic rings. The number of halogens is 2. The van der Waals surface area contributed by atoms with E-state index in [-0.39, 0.29) is 17.9 Å². The van der Waals surface area contributed by atoms with E-state index in [1.807, 2.05) is 45.3 Å². The van der Waals surface area contributed by atoms with Gasteiger partial charge in [-0.15, -0.1) is 0 Å². The zero-order valence-corrected chi connectivity index (χ0v) is 28.2. The first kappa shape index (κ1) is 32.4. The van der Waals surface area contributed by atoms with E-state index in [9.17, 15) is 9.59 Å². The van der Waals surface area contributed by atoms with E-state index < -0.39 is 17.7 Å². The largest absolute Gasteiger partial charge is 0.444 e. The van der Waals surface area contributed by atoms with Crippen LogP contribution in [0.2, 0.25) is 5.02 Å². The van der Waals surface area contributed by atoms with Gasteiger partial charge < -0.3 is 15.0 Å². The Morgan fingerprint density at radius 3 is 2.70 bits per heavy atom. The van der Waals surface area contributed by atoms with Crippen LogP contribution in [0.3, 0.4) is 0 Å². The molecule has 3 atom stereocenters. The average Bonchev–Trinajstić information content (AvgIpc) is 3.46. The summed E-state index contributed by atoms with van der Waals surface area (Å²) in [6.07, 6.45) is 9.53. The molecule has 2 amide bonds. The van der Waals surface area contributed by atoms with Crippen molar-refractivity contribution >= 4 is 39.5 Å². The number of carbonyl (C=O) groups is 2. The maximum atomic E-state index is 14.1. The smallest absolute Gasteiger partial charge is 0.411 e. The highest BCUT2D eigenvalue weighted by Crippen LogP contribution is 2.38. The molecule has 1 saturated heterocycles. The van der Waals surface area contributed by atoms with Crippen LogP contribution in [0.1, 0.15) is 87.0 Å². The van der Waals surface area contributed by atoms with Gasteiger partial charge in [0.1, 0.15) is 11.6 Å². The van der Waals surface area contributed by atoms with Gasteiger partial charge in [-0.2, -0.15) is 0 Å². The Kier molecular flexibility index (Phi) is 10.3. The second kappa shape index (κ2) is 14.0. The maximum Gasteiger partial charge on any atom is 0.411 e. The highest BCUT2D eigenvalue weighted by Gasteiger charge is 2.41. The second-order valence-corrected chi connectivity index (χ2v) is 14.1. The molecule has 0 spiro atoms. The molecule has 0 bridgehead atoms. The number of nitrogens with zero attached hydrogens (tertiary/aromatic N) is 4. The quantitative estimate of drug-likeness (QED) is 0.284. The minimum absolute atomic E-state index is 0.101. The number of nitrogens with one attached hydrogen (secondary N) is 2. The van der Waals surface area contributed by atoms with Gasteiger partial charge in [0.15, 0.2) is 0 Å². The van der Waals surface area contributed by atoms with Crippen LogP contribution in [-0.2, 0) is 22.4 Å². The number of aromatic nitrogens is 3. The number of imidazole rings is 1. The SMILES string of the molecule is CCCCC(CNC(=O)[C@H]1CN(C2c3ccc(Cl)cc3CCc3cc(Br)cnc32)CCN1C(=O)OC(C)(C)C)c1cnc[nH]1. The van der Waals surface area contributed by atoms with Gasteiger partial charge in [-0.3, -0.25) is 19.6 Å². The summed E-state index contributed by atoms with van der Waals surface area (Å²) in [6.45, 7) is 9.36. The monoisotopic (exact) mass is 684 g/mol. The first-order valence-corrected chi connectivity index (χ1v) is 16.6. The highest BCUT2D eigenvalue weighted by molar-refractivity contribution is 9.10. The van der Waals surface area contributed by atoms with Crippen LogP contribution in [-0.4, -0.2) is 74.6 Å². The minimum atomic E-state index is -0.745. The van der Waals surface area contributed by atoms with Crippen LogP contribution in [0.15, 0.2) is 47.5 Å². The van der Waals surface area contributed by atoms with E-state index in [1.165, 1.54) is 5.56 Å². The number of hydrogen-bond acceptors (Lipinski definition) is 6. The van der Waals surface area contributed by atoms with Crippen LogP contribution in [0.5, 0.6) is 0 Å². The van der Waals surface area contributed by atoms with Gasteiger partial charge in [-0.05, 0) is 90.9 Å². The molecule has 11 heteroatoms. The van der Waals surface area contributed by atoms with Crippen molar-refractivity contribution in [1.82, 2.24) is 30.1 Å². The van der Waals surface area contributed by atoms with E-state index in [0.717, 1.165) is 59.1 Å². The Morgan fingerprint density at radius 2 is 1.98 bits per heavy atom. The van der Waals surface area contributed by atoms with Gasteiger partial charge in [0.05, 0.1) is 18.1 Å². The number of pyridine rings is 1. The summed E-state index contributed by atoms with van der Waals surface area (Å²) >= 11 is 10.0. The van der Waals surface area contributed by atoms with E-state index in [4.69, 9.17) is 21.3 Å². The lowest BCUT2D eigenvalue weighted by Crippen LogP contribution is -2.62. The predicted octanol–water partition coefficient (Wildman–Crippen LogP) is 6.42. The van der Waals surface area contributed by atoms with E-state index in [1.54, 1.807) is 11.2 Å². The molecular weight excluding hydrogens is 644 g/mol. The predicted molar refractivity (Wildman–Crippen MR) is 175 cm³/mol. The van der Waals surface area contributed by atoms with Gasteiger partial charge in [-0.1, -0.05) is 37.4 Å². The number of aryl methyl sites for hydroxylation is 2. The van der Waals surface area contributed by atoms with Crippen LogP contribution >= 0.6 is 27.5 Å². The number of aromatic amines is 1. The molecule has 1 aliphatic heterocycles. The summed E-state index contributed by atoms with van der Waals surface area (Å²) < 4.78 is 6.71. The number of piperazine rings is 1. The Hall–Kier alpha value is -2.95. The molecule has 2 N–H and O–H groups in total. The van der Waals surface area contributed by atoms with Crippen LogP contribution in [0.25, 0.3) is 0 Å². The summed E-state index contributed by atoms with van der Waals surface area (Å²) in [4.78, 5) is 43.7. The molecule has 5 rings (SSSR count). The van der Waals surface area contributed by atoms with Crippen molar-refractivity contribution in [3.63, 3.8) is 0 Å². The molecule has 0 saturated carbocycles. The van der Waals surface area contributed by atoms with E-state index in [0.29, 0.717) is 31.2 Å². The molecule has 0 radical (unpaired) electrons. The Balaban J connectivity index is 1.46. The number of rotatable bonds is 8. The van der Waals surface area contributed by atoms with Gasteiger partial charge in [0.25, 0.3) is 0 Å². The summed E-state index contributed by atoms with van der Waals surface area (Å²) in [6, 6.07) is 7.24. The molecule has 3 heterocycles. The zero-order chi connectivity index (χ0) is 31.4. The lowest BCUT2D eigenvalue weighted by molar-refractivity contribution is -0.129. The van der Waals surface area contributed by atoms with Crippen molar-refractivity contribution in [3.05, 3.63) is 80.6 Å². The lowest BCUT2D eigenvalue weighted by Gasteiger charge is -2.44. The van der Waals surface area contributed by atoms with Gasteiger partial charge >= 0.3 is 6.09 Å². The van der Waals surface area contributed by atoms with Crippen LogP contribution in [0, 0.1) is 0 Å². The van der Waals surface area contributed by atoms with Gasteiger partial charge in [0.2, 0.25) is 5.91 Å². The molecule has 1 aromatic carbocycles. The Morgan fingerprint density at radius 1 is 1.18 bits per heavy atom. The summed E-state index contributed by atoms with van der Waals surface area (Å²) in [5.41, 5.74) is 4.74. The normalized spacial score (nSPS) is 19.5. The second-order valence-electron chi connectivity index (χ2n) is 12.7. The van der Waals surface area contributed by atoms with Crippen LogP contribution < -0.4 is 5.32 Å². The molecule has 2 aromatic heterocycles. The van der Waals surface area contributed by atoms with Crippen molar-refractivity contribution in [1.29, 1.82) is 0 Å². The maximum absolute atomic E-state index is 14.1. The number of benzene rings is 1. The minimum Gasteiger partial charge on any atom is -0.444 e. The first-order chi connectivity index (χ1) is 21.0. The number of hydrogen-bond donors (Lipinski definition) is 2. The van der Waals surface area contributed by atoms with Crippen molar-refractivity contribution in [2.24, 2.45) is 0 Å². The fourth-order valence-electron chi connectivity index (χ4n) is 6.23. The van der Waals surface area contributed by atoms with Crippen molar-refractivity contribution in [2.75, 3.05) is 26.2 Å². The summed E-state index contributed by atoms with van der Waals surface area (Å²) in [5.74, 6) is -0.0976. The van der Waals surface area contributed by atoms with E-state index >= 15 is 0 Å². The standard InChI is InChI=1S/C33H42BrClN6O3/c1-5-6-7-23(27-18-36-20-39-27)16-38-31(42)28-19-40(12-13-41(28)32(43)44-33(2,3)4)30-26-11-10-25(35)15-21(26)8-9-22-14-24(34)17-37-29(22)30/h10-11,14-15,17-18,20,23,28,30H,5-9,12-13,16,19H2,1-4H3,(H,36,39)(H,38,42)/t23?,28-,30?/m1/s1. The molecule has 2 aliphatic rings. The van der Waals surface area contributed by atoms with Gasteiger partial charge in [0, 0.05) is 59.7 Å². The Labute approximate surface area is 273 Å². The fourth-order valence-corrected chi connectivity index (χ4v) is 6.81. The lowest BCUT2D eigenvalue weighted by atomic mass is 9.95. The molecule has 1 fully saturated rings. The topological polar surface area (TPSA) is 103 Å². The fraction of sp³-hybridized carbons (Fsp3) is 0.515. The summed E-state index contributed by atoms with van der Waals surface area (Å²) in [5, 5.41) is 3.88. The van der Waals surface area contributed by atoms with Crippen LogP contribution in [0.4, 0.5) is 4.79 Å². The number of amides is 2. The van der Waals surface area contributed by atoms with Crippen molar-refractivity contribution < 1.29 is 14.3 Å². The molecule has 44 heavy (non-hydrogen) atoms. The molecular formula is C33H42BrClN6O3. The number of H-pyrrole nitrogens is 1. The molecule has 9 nitrogen and oxygen atoms in total. The molecule has 1 aliphatic carbocycles. The van der Waals surface area contributed by atoms with E-state index in [2.05, 4.69) is 55.2 Å². The average molecular weight is 686 g/mol. The highest BCUT2D eigenvalue weighted by atomic mass is 79.9. The third-order valence-corrected chi connectivity index (χ3v) is 9.05. The number of carbonyl (C=O) groups excluding carboxylic acids is 2. The number of ether oxygens (including phenoxy) is 1. The first-order valence-electron chi connectivity index (χ1n) is 15.5. The number of unbranched alkanes of at least 4 members (excludes halogenated alkanes) is 1. The molecule has 2 unspecified atom stereocenters.